The average Bonchev–Trinajstić information content (AvgIpc) is 3.09. The first-order valence-electron chi connectivity index (χ1n) is 8.93. The van der Waals surface area contributed by atoms with E-state index in [0.29, 0.717) is 19.6 Å². The number of ketones is 2. The van der Waals surface area contributed by atoms with Crippen LogP contribution in [0.3, 0.4) is 0 Å². The van der Waals surface area contributed by atoms with Crippen molar-refractivity contribution < 1.29 is 19.1 Å². The summed E-state index contributed by atoms with van der Waals surface area (Å²) in [4.78, 5) is 34.2. The fraction of sp³-hybridized carbons (Fsp3) is 0.667. The van der Waals surface area contributed by atoms with Crippen molar-refractivity contribution in [2.75, 3.05) is 13.2 Å². The van der Waals surface area contributed by atoms with Gasteiger partial charge in [-0.15, -0.1) is 0 Å². The second-order valence-corrected chi connectivity index (χ2v) is 7.46. The quantitative estimate of drug-likeness (QED) is 0.456. The third kappa shape index (κ3) is 2.62. The van der Waals surface area contributed by atoms with Gasteiger partial charge in [0.1, 0.15) is 5.69 Å². The highest BCUT2D eigenvalue weighted by Crippen LogP contribution is 2.56. The van der Waals surface area contributed by atoms with Gasteiger partial charge in [-0.05, 0) is 43.4 Å². The largest absolute Gasteiger partial charge is 0.346 e. The molecular formula is C18H21ClN2O4. The lowest BCUT2D eigenvalue weighted by Gasteiger charge is -2.51. The number of hydrogen-bond donors (Lipinski definition) is 0. The van der Waals surface area contributed by atoms with Crippen molar-refractivity contribution in [3.05, 3.63) is 23.2 Å². The normalized spacial score (nSPS) is 31.6. The van der Waals surface area contributed by atoms with Gasteiger partial charge in [-0.1, -0.05) is 12.8 Å². The molecule has 0 amide bonds. The number of carbonyl (C=O) groups is 2. The molecule has 3 aliphatic rings. The maximum absolute atomic E-state index is 13.5. The van der Waals surface area contributed by atoms with Gasteiger partial charge in [-0.25, -0.2) is 9.97 Å². The van der Waals surface area contributed by atoms with E-state index >= 15 is 0 Å². The number of hydrogen-bond acceptors (Lipinski definition) is 6. The zero-order valence-electron chi connectivity index (χ0n) is 14.0. The monoisotopic (exact) mass is 364 g/mol. The maximum Gasteiger partial charge on any atom is 0.222 e. The molecule has 4 rings (SSSR count). The second kappa shape index (κ2) is 6.41. The summed E-state index contributed by atoms with van der Waals surface area (Å²) in [6.45, 7) is 1.02. The Hall–Kier alpha value is -1.37. The smallest absolute Gasteiger partial charge is 0.222 e. The van der Waals surface area contributed by atoms with Crippen molar-refractivity contribution in [2.24, 2.45) is 11.3 Å². The summed E-state index contributed by atoms with van der Waals surface area (Å²) in [7, 11) is 0. The van der Waals surface area contributed by atoms with E-state index in [1.165, 1.54) is 12.3 Å². The lowest BCUT2D eigenvalue weighted by molar-refractivity contribution is -0.255. The lowest BCUT2D eigenvalue weighted by atomic mass is 9.57. The Balaban J connectivity index is 1.68. The van der Waals surface area contributed by atoms with Gasteiger partial charge in [0.25, 0.3) is 0 Å². The number of aromatic nitrogens is 2. The summed E-state index contributed by atoms with van der Waals surface area (Å²) < 4.78 is 12.0. The fourth-order valence-electron chi connectivity index (χ4n) is 4.81. The van der Waals surface area contributed by atoms with E-state index in [0.717, 1.165) is 38.5 Å². The molecule has 2 spiro atoms. The van der Waals surface area contributed by atoms with Crippen LogP contribution in [0.15, 0.2) is 12.3 Å². The molecule has 2 aliphatic carbocycles. The summed E-state index contributed by atoms with van der Waals surface area (Å²) in [6, 6.07) is 1.52. The number of Topliss-reactive ketones (excluding diaryl/α,β-unsaturated/α-hetero) is 2. The molecule has 134 valence electrons. The van der Waals surface area contributed by atoms with E-state index in [1.54, 1.807) is 0 Å². The molecule has 2 heterocycles. The topological polar surface area (TPSA) is 78.4 Å². The number of ether oxygens (including phenoxy) is 2. The van der Waals surface area contributed by atoms with Crippen molar-refractivity contribution in [1.82, 2.24) is 9.97 Å². The van der Waals surface area contributed by atoms with Crippen molar-refractivity contribution in [3.8, 4) is 0 Å². The molecule has 25 heavy (non-hydrogen) atoms. The van der Waals surface area contributed by atoms with Gasteiger partial charge in [0.15, 0.2) is 17.4 Å². The Morgan fingerprint density at radius 2 is 1.88 bits per heavy atom. The molecule has 0 bridgehead atoms. The van der Waals surface area contributed by atoms with E-state index in [9.17, 15) is 9.59 Å². The number of rotatable bonds is 2. The van der Waals surface area contributed by atoms with E-state index in [2.05, 4.69) is 9.97 Å². The van der Waals surface area contributed by atoms with Gasteiger partial charge < -0.3 is 9.47 Å². The fourth-order valence-corrected chi connectivity index (χ4v) is 4.96. The lowest BCUT2D eigenvalue weighted by Crippen LogP contribution is -2.60. The van der Waals surface area contributed by atoms with E-state index in [1.807, 2.05) is 0 Å². The molecule has 0 radical (unpaired) electrons. The molecule has 1 unspecified atom stereocenters. The van der Waals surface area contributed by atoms with Crippen LogP contribution in [0.25, 0.3) is 0 Å². The maximum atomic E-state index is 13.5. The van der Waals surface area contributed by atoms with Crippen molar-refractivity contribution in [1.29, 1.82) is 0 Å². The van der Waals surface area contributed by atoms with E-state index < -0.39 is 17.1 Å². The Morgan fingerprint density at radius 3 is 2.64 bits per heavy atom. The van der Waals surface area contributed by atoms with Gasteiger partial charge in [0.2, 0.25) is 5.28 Å². The van der Waals surface area contributed by atoms with Gasteiger partial charge in [0, 0.05) is 12.6 Å². The average molecular weight is 365 g/mol. The Bertz CT molecular complexity index is 700. The van der Waals surface area contributed by atoms with E-state index in [4.69, 9.17) is 21.1 Å². The number of carbonyl (C=O) groups excluding carboxylic acids is 2. The van der Waals surface area contributed by atoms with Crippen LogP contribution in [0.5, 0.6) is 0 Å². The van der Waals surface area contributed by atoms with E-state index in [-0.39, 0.29) is 22.5 Å². The Morgan fingerprint density at radius 1 is 1.16 bits per heavy atom. The SMILES string of the molecule is O=C(c1ccnc(Cl)n1)C1CCC[C@@]2(CCCCC23OCCO3)C1=O. The first-order chi connectivity index (χ1) is 12.1. The molecule has 2 atom stereocenters. The van der Waals surface area contributed by atoms with Crippen molar-refractivity contribution in [3.63, 3.8) is 0 Å². The first kappa shape index (κ1) is 17.1. The number of halogens is 1. The summed E-state index contributed by atoms with van der Waals surface area (Å²) in [6.07, 6.45) is 6.89. The molecule has 3 fully saturated rings. The zero-order chi connectivity index (χ0) is 17.5. The first-order valence-corrected chi connectivity index (χ1v) is 9.31. The molecule has 0 aromatic carbocycles. The minimum absolute atomic E-state index is 0.0143. The summed E-state index contributed by atoms with van der Waals surface area (Å²) in [5.41, 5.74) is -0.509. The summed E-state index contributed by atoms with van der Waals surface area (Å²) >= 11 is 5.81. The van der Waals surface area contributed by atoms with Gasteiger partial charge in [-0.3, -0.25) is 9.59 Å². The van der Waals surface area contributed by atoms with Crippen LogP contribution in [-0.4, -0.2) is 40.5 Å². The second-order valence-electron chi connectivity index (χ2n) is 7.12. The van der Waals surface area contributed by atoms with Gasteiger partial charge >= 0.3 is 0 Å². The van der Waals surface area contributed by atoms with Crippen molar-refractivity contribution >= 4 is 23.2 Å². The Kier molecular flexibility index (Phi) is 4.38. The molecular weight excluding hydrogens is 344 g/mol. The molecule has 1 aromatic rings. The third-order valence-electron chi connectivity index (χ3n) is 5.92. The molecule has 1 aliphatic heterocycles. The van der Waals surface area contributed by atoms with Crippen molar-refractivity contribution in [2.45, 2.75) is 50.7 Å². The van der Waals surface area contributed by atoms with Crippen LogP contribution in [0, 0.1) is 11.3 Å². The molecule has 1 saturated heterocycles. The minimum Gasteiger partial charge on any atom is -0.346 e. The van der Waals surface area contributed by atoms with Crippen LogP contribution in [-0.2, 0) is 14.3 Å². The molecule has 6 nitrogen and oxygen atoms in total. The van der Waals surface area contributed by atoms with Crippen LogP contribution in [0.1, 0.15) is 55.4 Å². The molecule has 0 N–H and O–H groups in total. The van der Waals surface area contributed by atoms with Gasteiger partial charge in [-0.2, -0.15) is 0 Å². The minimum atomic E-state index is -0.843. The number of nitrogens with zero attached hydrogens (tertiary/aromatic N) is 2. The molecule has 2 saturated carbocycles. The van der Waals surface area contributed by atoms with Crippen LogP contribution < -0.4 is 0 Å². The van der Waals surface area contributed by atoms with Crippen LogP contribution >= 0.6 is 11.6 Å². The standard InChI is InChI=1S/C18H21ClN2O4/c19-16-20-9-5-13(21-16)14(22)12-4-3-7-17(15(12)23)6-1-2-8-18(17)24-10-11-25-18/h5,9,12H,1-4,6-8,10-11H2/t12?,17-/m0/s1. The highest BCUT2D eigenvalue weighted by atomic mass is 35.5. The third-order valence-corrected chi connectivity index (χ3v) is 6.10. The predicted octanol–water partition coefficient (Wildman–Crippen LogP) is 2.99. The Labute approximate surface area is 151 Å². The summed E-state index contributed by atoms with van der Waals surface area (Å²) in [5.74, 6) is -1.86. The van der Waals surface area contributed by atoms with Crippen LogP contribution in [0.2, 0.25) is 5.28 Å². The molecule has 7 heteroatoms. The van der Waals surface area contributed by atoms with Crippen LogP contribution in [0.4, 0.5) is 0 Å². The van der Waals surface area contributed by atoms with Gasteiger partial charge in [0.05, 0.1) is 24.5 Å². The zero-order valence-corrected chi connectivity index (χ0v) is 14.8. The highest BCUT2D eigenvalue weighted by Gasteiger charge is 2.63. The molecule has 1 aromatic heterocycles. The highest BCUT2D eigenvalue weighted by molar-refractivity contribution is 6.28. The number of fused-ring (bicyclic) bond motifs is 1. The summed E-state index contributed by atoms with van der Waals surface area (Å²) in [5, 5.41) is 0.0143. The predicted molar refractivity (Wildman–Crippen MR) is 89.3 cm³/mol.